The first-order valence-electron chi connectivity index (χ1n) is 9.15. The van der Waals surface area contributed by atoms with E-state index in [2.05, 4.69) is 0 Å². The average molecular weight is 378 g/mol. The number of rotatable bonds is 6. The predicted octanol–water partition coefficient (Wildman–Crippen LogP) is 2.00. The topological polar surface area (TPSA) is 93.5 Å². The van der Waals surface area contributed by atoms with Gasteiger partial charge in [0.1, 0.15) is 0 Å². The summed E-state index contributed by atoms with van der Waals surface area (Å²) in [7, 11) is 0. The molecule has 1 aliphatic rings. The van der Waals surface area contributed by atoms with Crippen molar-refractivity contribution in [2.45, 2.75) is 24.1 Å². The fourth-order valence-electron chi connectivity index (χ4n) is 3.54. The molecule has 4 N–H and O–H groups in total. The molecule has 5 nitrogen and oxygen atoms in total. The van der Waals surface area contributed by atoms with Gasteiger partial charge in [0.15, 0.2) is 0 Å². The predicted molar refractivity (Wildman–Crippen MR) is 103 cm³/mol. The van der Waals surface area contributed by atoms with E-state index in [0.29, 0.717) is 18.6 Å². The van der Waals surface area contributed by atoms with E-state index >= 15 is 0 Å². The SMILES string of the molecule is OC(O)(c1ccccc1)c1cccc(C[C@H]2CO2)c1C(O)(O)c1ccccc1. The van der Waals surface area contributed by atoms with Crippen molar-refractivity contribution in [3.8, 4) is 0 Å². The highest BCUT2D eigenvalue weighted by atomic mass is 16.6. The molecule has 3 aromatic carbocycles. The first kappa shape index (κ1) is 18.8. The quantitative estimate of drug-likeness (QED) is 0.389. The Hall–Kier alpha value is -2.54. The summed E-state index contributed by atoms with van der Waals surface area (Å²) < 4.78 is 5.31. The Morgan fingerprint density at radius 2 is 1.25 bits per heavy atom. The van der Waals surface area contributed by atoms with Crippen molar-refractivity contribution >= 4 is 0 Å². The number of epoxide rings is 1. The second kappa shape index (κ2) is 7.13. The van der Waals surface area contributed by atoms with Crippen LogP contribution in [0.4, 0.5) is 0 Å². The highest BCUT2D eigenvalue weighted by Crippen LogP contribution is 2.39. The molecule has 0 amide bonds. The third kappa shape index (κ3) is 3.46. The van der Waals surface area contributed by atoms with Gasteiger partial charge in [-0.05, 0) is 5.56 Å². The lowest BCUT2D eigenvalue weighted by Crippen LogP contribution is -2.36. The van der Waals surface area contributed by atoms with Gasteiger partial charge >= 0.3 is 0 Å². The highest BCUT2D eigenvalue weighted by molar-refractivity contribution is 5.49. The molecule has 144 valence electrons. The van der Waals surface area contributed by atoms with Gasteiger partial charge in [-0.1, -0.05) is 78.9 Å². The molecule has 0 unspecified atom stereocenters. The van der Waals surface area contributed by atoms with Crippen LogP contribution < -0.4 is 0 Å². The van der Waals surface area contributed by atoms with Crippen molar-refractivity contribution in [3.05, 3.63) is 107 Å². The maximum absolute atomic E-state index is 11.2. The van der Waals surface area contributed by atoms with Crippen LogP contribution in [0.15, 0.2) is 78.9 Å². The summed E-state index contributed by atoms with van der Waals surface area (Å²) in [6, 6.07) is 21.6. The first-order chi connectivity index (χ1) is 13.4. The molecule has 1 atom stereocenters. The molecule has 1 saturated heterocycles. The minimum absolute atomic E-state index is 0.0101. The van der Waals surface area contributed by atoms with Crippen LogP contribution in [0.25, 0.3) is 0 Å². The number of ether oxygens (including phenoxy) is 1. The zero-order valence-electron chi connectivity index (χ0n) is 15.2. The zero-order valence-corrected chi connectivity index (χ0v) is 15.2. The Bertz CT molecular complexity index is 947. The lowest BCUT2D eigenvalue weighted by Gasteiger charge is -2.33. The van der Waals surface area contributed by atoms with E-state index in [0.717, 1.165) is 0 Å². The van der Waals surface area contributed by atoms with Crippen molar-refractivity contribution in [2.75, 3.05) is 6.61 Å². The van der Waals surface area contributed by atoms with Crippen LogP contribution in [0, 0.1) is 0 Å². The van der Waals surface area contributed by atoms with Crippen LogP contribution in [0.1, 0.15) is 27.8 Å². The Morgan fingerprint density at radius 3 is 1.79 bits per heavy atom. The van der Waals surface area contributed by atoms with E-state index in [-0.39, 0.29) is 28.4 Å². The fourth-order valence-corrected chi connectivity index (χ4v) is 3.54. The van der Waals surface area contributed by atoms with Gasteiger partial charge in [-0.25, -0.2) is 0 Å². The third-order valence-corrected chi connectivity index (χ3v) is 5.08. The third-order valence-electron chi connectivity index (χ3n) is 5.08. The maximum Gasteiger partial charge on any atom is 0.218 e. The van der Waals surface area contributed by atoms with Gasteiger partial charge in [0.05, 0.1) is 12.7 Å². The van der Waals surface area contributed by atoms with E-state index < -0.39 is 11.6 Å². The standard InChI is InChI=1S/C23H22O5/c24-22(25,17-9-3-1-4-10-17)20-13-7-8-16(14-19-15-28-19)21(20)23(26,27)18-11-5-2-6-12-18/h1-13,19,24-27H,14-15H2/t19-/m0/s1. The number of hydrogen-bond donors (Lipinski definition) is 4. The largest absolute Gasteiger partial charge is 0.373 e. The van der Waals surface area contributed by atoms with E-state index in [4.69, 9.17) is 4.74 Å². The molecule has 0 saturated carbocycles. The van der Waals surface area contributed by atoms with E-state index in [1.807, 2.05) is 0 Å². The van der Waals surface area contributed by atoms with Crippen molar-refractivity contribution in [1.82, 2.24) is 0 Å². The van der Waals surface area contributed by atoms with Crippen LogP contribution in [0.3, 0.4) is 0 Å². The van der Waals surface area contributed by atoms with Gasteiger partial charge in [0.25, 0.3) is 0 Å². The molecule has 4 rings (SSSR count). The maximum atomic E-state index is 11.2. The molecule has 0 aromatic heterocycles. The highest BCUT2D eigenvalue weighted by Gasteiger charge is 2.41. The van der Waals surface area contributed by atoms with E-state index in [1.165, 1.54) is 6.07 Å². The van der Waals surface area contributed by atoms with Crippen LogP contribution in [-0.4, -0.2) is 33.1 Å². The van der Waals surface area contributed by atoms with Gasteiger partial charge in [-0.2, -0.15) is 0 Å². The lowest BCUT2D eigenvalue weighted by atomic mass is 9.83. The second-order valence-corrected chi connectivity index (χ2v) is 7.08. The van der Waals surface area contributed by atoms with Crippen molar-refractivity contribution in [1.29, 1.82) is 0 Å². The van der Waals surface area contributed by atoms with Gasteiger partial charge in [-0.3, -0.25) is 0 Å². The minimum atomic E-state index is -2.41. The molecule has 5 heteroatoms. The number of aliphatic hydroxyl groups is 4. The average Bonchev–Trinajstić information content (AvgIpc) is 3.53. The molecule has 28 heavy (non-hydrogen) atoms. The number of benzene rings is 3. The summed E-state index contributed by atoms with van der Waals surface area (Å²) in [5.74, 6) is -4.81. The van der Waals surface area contributed by atoms with Crippen molar-refractivity contribution < 1.29 is 25.2 Å². The molecule has 0 bridgehead atoms. The lowest BCUT2D eigenvalue weighted by molar-refractivity contribution is -0.154. The van der Waals surface area contributed by atoms with E-state index in [1.54, 1.807) is 72.8 Å². The summed E-state index contributed by atoms with van der Waals surface area (Å²) in [6.07, 6.45) is 0.438. The van der Waals surface area contributed by atoms with Crippen LogP contribution in [0.2, 0.25) is 0 Å². The molecule has 1 aliphatic heterocycles. The van der Waals surface area contributed by atoms with E-state index in [9.17, 15) is 20.4 Å². The van der Waals surface area contributed by atoms with Gasteiger partial charge < -0.3 is 25.2 Å². The molecule has 3 aromatic rings. The molecule has 1 heterocycles. The Balaban J connectivity index is 1.92. The van der Waals surface area contributed by atoms with Gasteiger partial charge in [0.2, 0.25) is 11.6 Å². The van der Waals surface area contributed by atoms with Gasteiger partial charge in [0, 0.05) is 28.7 Å². The Labute approximate surface area is 163 Å². The molecular weight excluding hydrogens is 356 g/mol. The molecular formula is C23H22O5. The first-order valence-corrected chi connectivity index (χ1v) is 9.15. The van der Waals surface area contributed by atoms with Crippen LogP contribution in [0.5, 0.6) is 0 Å². The summed E-state index contributed by atoms with van der Waals surface area (Å²) in [4.78, 5) is 0. The van der Waals surface area contributed by atoms with Gasteiger partial charge in [-0.15, -0.1) is 0 Å². The minimum Gasteiger partial charge on any atom is -0.373 e. The normalized spacial score (nSPS) is 16.8. The summed E-state index contributed by atoms with van der Waals surface area (Å²) in [5, 5.41) is 44.4. The molecule has 0 aliphatic carbocycles. The number of hydrogen-bond acceptors (Lipinski definition) is 5. The Morgan fingerprint density at radius 1 is 0.714 bits per heavy atom. The Kier molecular flexibility index (Phi) is 4.79. The molecule has 0 radical (unpaired) electrons. The monoisotopic (exact) mass is 378 g/mol. The zero-order chi connectivity index (χ0) is 19.8. The van der Waals surface area contributed by atoms with Crippen LogP contribution in [-0.2, 0) is 22.7 Å². The molecule has 1 fully saturated rings. The summed E-state index contributed by atoms with van der Waals surface area (Å²) >= 11 is 0. The summed E-state index contributed by atoms with van der Waals surface area (Å²) in [6.45, 7) is 0.598. The van der Waals surface area contributed by atoms with Crippen molar-refractivity contribution in [3.63, 3.8) is 0 Å². The molecule has 0 spiro atoms. The fraction of sp³-hybridized carbons (Fsp3) is 0.217. The smallest absolute Gasteiger partial charge is 0.218 e. The second-order valence-electron chi connectivity index (χ2n) is 7.08. The van der Waals surface area contributed by atoms with Crippen LogP contribution >= 0.6 is 0 Å². The van der Waals surface area contributed by atoms with Crippen molar-refractivity contribution in [2.24, 2.45) is 0 Å². The summed E-state index contributed by atoms with van der Waals surface area (Å²) in [5.41, 5.74) is 1.15.